The molecule has 1 N–H and O–H groups in total. The van der Waals surface area contributed by atoms with Crippen molar-refractivity contribution in [3.8, 4) is 5.88 Å². The van der Waals surface area contributed by atoms with E-state index >= 15 is 0 Å². The highest BCUT2D eigenvalue weighted by Gasteiger charge is 2.08. The fraction of sp³-hybridized carbons (Fsp3) is 0.235. The van der Waals surface area contributed by atoms with Crippen LogP contribution in [0.3, 0.4) is 0 Å². The van der Waals surface area contributed by atoms with E-state index in [0.717, 1.165) is 21.9 Å². The third-order valence-corrected chi connectivity index (χ3v) is 4.43. The third kappa shape index (κ3) is 3.46. The number of ether oxygens (including phenoxy) is 1. The van der Waals surface area contributed by atoms with Gasteiger partial charge in [0.1, 0.15) is 0 Å². The summed E-state index contributed by atoms with van der Waals surface area (Å²) in [6, 6.07) is 3.64. The van der Waals surface area contributed by atoms with E-state index in [-0.39, 0.29) is 5.91 Å². The summed E-state index contributed by atoms with van der Waals surface area (Å²) in [6.45, 7) is 4.39. The first-order chi connectivity index (χ1) is 11.6. The predicted octanol–water partition coefficient (Wildman–Crippen LogP) is 2.75. The minimum Gasteiger partial charge on any atom is -0.481 e. The normalized spacial score (nSPS) is 11.3. The van der Waals surface area contributed by atoms with E-state index in [9.17, 15) is 4.79 Å². The average Bonchev–Trinajstić information content (AvgIpc) is 3.06. The largest absolute Gasteiger partial charge is 0.481 e. The molecule has 0 fully saturated rings. The van der Waals surface area contributed by atoms with Gasteiger partial charge in [0.25, 0.3) is 0 Å². The first kappa shape index (κ1) is 16.2. The number of imidazole rings is 1. The van der Waals surface area contributed by atoms with E-state index < -0.39 is 0 Å². The van der Waals surface area contributed by atoms with Crippen LogP contribution < -0.4 is 10.1 Å². The van der Waals surface area contributed by atoms with Gasteiger partial charge in [0.05, 0.1) is 18.5 Å². The van der Waals surface area contributed by atoms with Crippen LogP contribution in [0.15, 0.2) is 30.6 Å². The van der Waals surface area contributed by atoms with Crippen molar-refractivity contribution in [1.29, 1.82) is 0 Å². The number of hydrogen-bond acceptors (Lipinski definition) is 5. The highest BCUT2D eigenvalue weighted by molar-refractivity contribution is 7.17. The number of nitrogens with one attached hydrogen (secondary N) is 1. The number of amides is 1. The number of pyridine rings is 1. The van der Waals surface area contributed by atoms with Gasteiger partial charge in [-0.25, -0.2) is 9.97 Å². The predicted molar refractivity (Wildman–Crippen MR) is 94.2 cm³/mol. The monoisotopic (exact) mass is 342 g/mol. The Morgan fingerprint density at radius 3 is 2.96 bits per heavy atom. The topological polar surface area (TPSA) is 68.5 Å². The lowest BCUT2D eigenvalue weighted by Crippen LogP contribution is -2.20. The molecule has 3 aromatic heterocycles. The van der Waals surface area contributed by atoms with Crippen LogP contribution in [0.2, 0.25) is 0 Å². The zero-order valence-electron chi connectivity index (χ0n) is 13.7. The van der Waals surface area contributed by atoms with Crippen LogP contribution in [-0.2, 0) is 11.3 Å². The summed E-state index contributed by atoms with van der Waals surface area (Å²) in [5.41, 5.74) is 2.74. The van der Waals surface area contributed by atoms with Crippen molar-refractivity contribution in [3.63, 3.8) is 0 Å². The molecule has 3 aromatic rings. The molecule has 0 unspecified atom stereocenters. The molecule has 0 saturated carbocycles. The van der Waals surface area contributed by atoms with Gasteiger partial charge < -0.3 is 10.1 Å². The smallest absolute Gasteiger partial charge is 0.244 e. The number of carbonyl (C=O) groups is 1. The molecule has 24 heavy (non-hydrogen) atoms. The average molecular weight is 342 g/mol. The molecule has 0 spiro atoms. The Morgan fingerprint density at radius 1 is 1.42 bits per heavy atom. The lowest BCUT2D eigenvalue weighted by molar-refractivity contribution is -0.116. The van der Waals surface area contributed by atoms with E-state index in [1.807, 2.05) is 30.5 Å². The molecule has 0 radical (unpaired) electrons. The fourth-order valence-corrected chi connectivity index (χ4v) is 3.20. The van der Waals surface area contributed by atoms with E-state index in [0.29, 0.717) is 12.4 Å². The molecule has 3 rings (SSSR count). The zero-order chi connectivity index (χ0) is 17.1. The maximum atomic E-state index is 12.0. The highest BCUT2D eigenvalue weighted by atomic mass is 32.1. The van der Waals surface area contributed by atoms with Gasteiger partial charge in [-0.1, -0.05) is 6.07 Å². The van der Waals surface area contributed by atoms with Crippen molar-refractivity contribution in [2.24, 2.45) is 0 Å². The molecular formula is C17H18N4O2S. The van der Waals surface area contributed by atoms with Gasteiger partial charge >= 0.3 is 0 Å². The Bertz CT molecular complexity index is 893. The minimum atomic E-state index is -0.160. The number of fused-ring (bicyclic) bond motifs is 1. The van der Waals surface area contributed by atoms with Crippen molar-refractivity contribution in [2.45, 2.75) is 20.4 Å². The summed E-state index contributed by atoms with van der Waals surface area (Å²) in [5, 5.41) is 2.84. The summed E-state index contributed by atoms with van der Waals surface area (Å²) >= 11 is 1.63. The molecular weight excluding hydrogens is 324 g/mol. The van der Waals surface area contributed by atoms with Crippen LogP contribution in [0, 0.1) is 13.8 Å². The van der Waals surface area contributed by atoms with Gasteiger partial charge in [-0.05, 0) is 25.5 Å². The van der Waals surface area contributed by atoms with E-state index in [4.69, 9.17) is 4.74 Å². The third-order valence-electron chi connectivity index (χ3n) is 3.53. The van der Waals surface area contributed by atoms with Crippen LogP contribution in [0.4, 0.5) is 0 Å². The van der Waals surface area contributed by atoms with Crippen LogP contribution >= 0.6 is 11.3 Å². The van der Waals surface area contributed by atoms with Gasteiger partial charge in [-0.2, -0.15) is 0 Å². The molecule has 0 aromatic carbocycles. The Morgan fingerprint density at radius 2 is 2.25 bits per heavy atom. The Hall–Kier alpha value is -2.67. The van der Waals surface area contributed by atoms with Crippen molar-refractivity contribution >= 4 is 28.3 Å². The molecule has 0 aliphatic carbocycles. The lowest BCUT2D eigenvalue weighted by Gasteiger charge is -2.03. The second-order valence-corrected chi connectivity index (χ2v) is 6.55. The SMILES string of the molecule is COc1ccc(CNC(=O)/C=C/c2c(C)nc3sc(C)cn23)cn1. The van der Waals surface area contributed by atoms with Gasteiger partial charge in [0.15, 0.2) is 4.96 Å². The van der Waals surface area contributed by atoms with E-state index in [1.54, 1.807) is 36.8 Å². The molecule has 6 nitrogen and oxygen atoms in total. The molecule has 0 aliphatic rings. The highest BCUT2D eigenvalue weighted by Crippen LogP contribution is 2.21. The molecule has 0 aliphatic heterocycles. The number of methoxy groups -OCH3 is 1. The molecule has 7 heteroatoms. The standard InChI is InChI=1S/C17H18N4O2S/c1-11-10-21-14(12(2)20-17(21)24-11)5-6-15(22)18-8-13-4-7-16(23-3)19-9-13/h4-7,9-10H,8H2,1-3H3,(H,18,22)/b6-5+. The number of nitrogens with zero attached hydrogens (tertiary/aromatic N) is 3. The summed E-state index contributed by atoms with van der Waals surface area (Å²) < 4.78 is 7.01. The van der Waals surface area contributed by atoms with Crippen LogP contribution in [0.1, 0.15) is 21.8 Å². The second kappa shape index (κ2) is 6.84. The van der Waals surface area contributed by atoms with Gasteiger partial charge in [0, 0.05) is 36.0 Å². The number of aromatic nitrogens is 3. The molecule has 0 atom stereocenters. The van der Waals surface area contributed by atoms with Gasteiger partial charge in [-0.15, -0.1) is 11.3 Å². The molecule has 124 valence electrons. The zero-order valence-corrected chi connectivity index (χ0v) is 14.6. The van der Waals surface area contributed by atoms with Crippen molar-refractivity contribution < 1.29 is 9.53 Å². The number of rotatable bonds is 5. The number of aryl methyl sites for hydroxylation is 2. The summed E-state index contributed by atoms with van der Waals surface area (Å²) in [5.74, 6) is 0.392. The maximum Gasteiger partial charge on any atom is 0.244 e. The van der Waals surface area contributed by atoms with Crippen LogP contribution in [0.25, 0.3) is 11.0 Å². The first-order valence-corrected chi connectivity index (χ1v) is 8.28. The maximum absolute atomic E-state index is 12.0. The second-order valence-electron chi connectivity index (χ2n) is 5.34. The Labute approximate surface area is 143 Å². The molecule has 0 bridgehead atoms. The number of hydrogen-bond donors (Lipinski definition) is 1. The quantitative estimate of drug-likeness (QED) is 0.724. The summed E-state index contributed by atoms with van der Waals surface area (Å²) in [6.07, 6.45) is 7.03. The first-order valence-electron chi connectivity index (χ1n) is 7.47. The van der Waals surface area contributed by atoms with E-state index in [1.165, 1.54) is 11.0 Å². The van der Waals surface area contributed by atoms with Crippen LogP contribution in [0.5, 0.6) is 5.88 Å². The number of carbonyl (C=O) groups excluding carboxylic acids is 1. The molecule has 1 amide bonds. The fourth-order valence-electron chi connectivity index (χ4n) is 2.32. The van der Waals surface area contributed by atoms with Gasteiger partial charge in [-0.3, -0.25) is 9.20 Å². The Kier molecular flexibility index (Phi) is 4.61. The van der Waals surface area contributed by atoms with Gasteiger partial charge in [0.2, 0.25) is 11.8 Å². The van der Waals surface area contributed by atoms with Crippen molar-refractivity contribution in [3.05, 3.63) is 52.4 Å². The lowest BCUT2D eigenvalue weighted by atomic mass is 10.2. The number of thiazole rings is 1. The van der Waals surface area contributed by atoms with Crippen molar-refractivity contribution in [2.75, 3.05) is 7.11 Å². The minimum absolute atomic E-state index is 0.160. The summed E-state index contributed by atoms with van der Waals surface area (Å²) in [4.78, 5) is 22.7. The van der Waals surface area contributed by atoms with Crippen LogP contribution in [-0.4, -0.2) is 27.4 Å². The van der Waals surface area contributed by atoms with Crippen molar-refractivity contribution in [1.82, 2.24) is 19.7 Å². The van der Waals surface area contributed by atoms with E-state index in [2.05, 4.69) is 15.3 Å². The summed E-state index contributed by atoms with van der Waals surface area (Å²) in [7, 11) is 1.57. The molecule has 0 saturated heterocycles. The molecule has 3 heterocycles. The Balaban J connectivity index is 1.64.